The van der Waals surface area contributed by atoms with Crippen molar-refractivity contribution in [2.75, 3.05) is 0 Å². The van der Waals surface area contributed by atoms with Crippen LogP contribution in [-0.2, 0) is 10.0 Å². The summed E-state index contributed by atoms with van der Waals surface area (Å²) in [6, 6.07) is 2.19. The summed E-state index contributed by atoms with van der Waals surface area (Å²) in [6.07, 6.45) is 0. The number of rotatable bonds is 2. The molecule has 8 heteroatoms. The molecule has 0 amide bonds. The average molecular weight is 295 g/mol. The smallest absolute Gasteiger partial charge is 0.258 e. The highest BCUT2D eigenvalue weighted by Gasteiger charge is 2.19. The first-order valence-electron chi connectivity index (χ1n) is 3.71. The van der Waals surface area contributed by atoms with Gasteiger partial charge in [0, 0.05) is 6.07 Å². The van der Waals surface area contributed by atoms with Gasteiger partial charge in [0.25, 0.3) is 5.69 Å². The fourth-order valence-electron chi connectivity index (χ4n) is 1.02. The summed E-state index contributed by atoms with van der Waals surface area (Å²) < 4.78 is 22.3. The molecule has 0 radical (unpaired) electrons. The molecule has 0 unspecified atom stereocenters. The van der Waals surface area contributed by atoms with Gasteiger partial charge in [-0.25, -0.2) is 13.6 Å². The standard InChI is InChI=1S/C7H7BrN2O4S/c1-4-2-5(15(9,13)14)3-6(7(4)8)10(11)12/h2-3H,1H3,(H2,9,13,14). The molecule has 0 fully saturated rings. The summed E-state index contributed by atoms with van der Waals surface area (Å²) in [6.45, 7) is 1.55. The minimum Gasteiger partial charge on any atom is -0.258 e. The Hall–Kier alpha value is -0.990. The van der Waals surface area contributed by atoms with E-state index in [0.29, 0.717) is 5.56 Å². The van der Waals surface area contributed by atoms with Gasteiger partial charge < -0.3 is 0 Å². The molecule has 0 aromatic heterocycles. The molecule has 0 heterocycles. The predicted octanol–water partition coefficient (Wildman–Crippen LogP) is 1.31. The lowest BCUT2D eigenvalue weighted by molar-refractivity contribution is -0.385. The molecule has 1 aromatic carbocycles. The van der Waals surface area contributed by atoms with Crippen LogP contribution >= 0.6 is 15.9 Å². The maximum absolute atomic E-state index is 11.0. The Bertz CT molecular complexity index is 526. The van der Waals surface area contributed by atoms with E-state index >= 15 is 0 Å². The summed E-state index contributed by atoms with van der Waals surface area (Å²) in [4.78, 5) is 9.65. The summed E-state index contributed by atoms with van der Waals surface area (Å²) in [7, 11) is -3.92. The topological polar surface area (TPSA) is 103 Å². The van der Waals surface area contributed by atoms with Crippen LogP contribution in [0, 0.1) is 17.0 Å². The lowest BCUT2D eigenvalue weighted by Crippen LogP contribution is -2.12. The van der Waals surface area contributed by atoms with E-state index in [1.54, 1.807) is 6.92 Å². The fourth-order valence-corrected chi connectivity index (χ4v) is 2.01. The molecule has 0 aliphatic rings. The number of nitrogens with two attached hydrogens (primary N) is 1. The van der Waals surface area contributed by atoms with Gasteiger partial charge in [0.2, 0.25) is 10.0 Å². The summed E-state index contributed by atoms with van der Waals surface area (Å²) in [5, 5.41) is 15.5. The van der Waals surface area contributed by atoms with Crippen LogP contribution in [0.5, 0.6) is 0 Å². The number of sulfonamides is 1. The summed E-state index contributed by atoms with van der Waals surface area (Å²) in [5.41, 5.74) is 0.118. The van der Waals surface area contributed by atoms with Gasteiger partial charge in [-0.3, -0.25) is 10.1 Å². The number of nitro benzene ring substituents is 1. The van der Waals surface area contributed by atoms with E-state index in [2.05, 4.69) is 15.9 Å². The van der Waals surface area contributed by atoms with Crippen LogP contribution in [0.2, 0.25) is 0 Å². The van der Waals surface area contributed by atoms with Crippen LogP contribution in [0.4, 0.5) is 5.69 Å². The fraction of sp³-hybridized carbons (Fsp3) is 0.143. The Morgan fingerprint density at radius 2 is 2.00 bits per heavy atom. The first-order chi connectivity index (χ1) is 6.73. The van der Waals surface area contributed by atoms with E-state index < -0.39 is 14.9 Å². The second kappa shape index (κ2) is 3.87. The molecule has 0 saturated heterocycles. The predicted molar refractivity (Wildman–Crippen MR) is 56.9 cm³/mol. The quantitative estimate of drug-likeness (QED) is 0.656. The largest absolute Gasteiger partial charge is 0.285 e. The van der Waals surface area contributed by atoms with E-state index in [1.165, 1.54) is 6.07 Å². The minimum absolute atomic E-state index is 0.250. The number of benzene rings is 1. The van der Waals surface area contributed by atoms with Crippen LogP contribution < -0.4 is 5.14 Å². The van der Waals surface area contributed by atoms with Crippen molar-refractivity contribution in [2.24, 2.45) is 5.14 Å². The molecule has 0 atom stereocenters. The van der Waals surface area contributed by atoms with Crippen LogP contribution in [0.15, 0.2) is 21.5 Å². The van der Waals surface area contributed by atoms with Crippen molar-refractivity contribution in [1.82, 2.24) is 0 Å². The Morgan fingerprint density at radius 1 is 1.47 bits per heavy atom. The van der Waals surface area contributed by atoms with E-state index in [-0.39, 0.29) is 15.1 Å². The Kier molecular flexibility index (Phi) is 3.12. The van der Waals surface area contributed by atoms with E-state index in [9.17, 15) is 18.5 Å². The SMILES string of the molecule is Cc1cc(S(N)(=O)=O)cc([N+](=O)[O-])c1Br. The highest BCUT2D eigenvalue weighted by atomic mass is 79.9. The Morgan fingerprint density at radius 3 is 2.40 bits per heavy atom. The van der Waals surface area contributed by atoms with Crippen molar-refractivity contribution in [1.29, 1.82) is 0 Å². The van der Waals surface area contributed by atoms with Crippen molar-refractivity contribution in [3.05, 3.63) is 32.3 Å². The summed E-state index contributed by atoms with van der Waals surface area (Å²) in [5.74, 6) is 0. The van der Waals surface area contributed by atoms with Gasteiger partial charge in [0.1, 0.15) is 0 Å². The van der Waals surface area contributed by atoms with Crippen LogP contribution in [0.25, 0.3) is 0 Å². The minimum atomic E-state index is -3.92. The molecular formula is C7H7BrN2O4S. The van der Waals surface area contributed by atoms with Gasteiger partial charge in [-0.1, -0.05) is 0 Å². The third kappa shape index (κ3) is 2.52. The first-order valence-corrected chi connectivity index (χ1v) is 6.04. The van der Waals surface area contributed by atoms with Crippen molar-refractivity contribution in [3.63, 3.8) is 0 Å². The zero-order valence-electron chi connectivity index (χ0n) is 7.60. The van der Waals surface area contributed by atoms with Crippen molar-refractivity contribution < 1.29 is 13.3 Å². The van der Waals surface area contributed by atoms with Crippen LogP contribution in [0.1, 0.15) is 5.56 Å². The van der Waals surface area contributed by atoms with Crippen molar-refractivity contribution in [2.45, 2.75) is 11.8 Å². The Labute approximate surface area is 94.4 Å². The second-order valence-electron chi connectivity index (χ2n) is 2.88. The van der Waals surface area contributed by atoms with Crippen molar-refractivity contribution in [3.8, 4) is 0 Å². The highest BCUT2D eigenvalue weighted by Crippen LogP contribution is 2.30. The number of nitro groups is 1. The third-order valence-electron chi connectivity index (χ3n) is 1.73. The molecule has 15 heavy (non-hydrogen) atoms. The molecular weight excluding hydrogens is 288 g/mol. The maximum Gasteiger partial charge on any atom is 0.285 e. The van der Waals surface area contributed by atoms with Gasteiger partial charge >= 0.3 is 0 Å². The molecule has 0 spiro atoms. The number of halogens is 1. The van der Waals surface area contributed by atoms with Crippen molar-refractivity contribution >= 4 is 31.6 Å². The number of primary sulfonamides is 1. The summed E-state index contributed by atoms with van der Waals surface area (Å²) >= 11 is 3.00. The van der Waals surface area contributed by atoms with Gasteiger partial charge in [-0.15, -0.1) is 0 Å². The normalized spacial score (nSPS) is 11.4. The van der Waals surface area contributed by atoms with Crippen LogP contribution in [-0.4, -0.2) is 13.3 Å². The molecule has 0 bridgehead atoms. The molecule has 0 saturated carbocycles. The van der Waals surface area contributed by atoms with E-state index in [0.717, 1.165) is 6.07 Å². The maximum atomic E-state index is 11.0. The van der Waals surface area contributed by atoms with Gasteiger partial charge in [0.15, 0.2) is 0 Å². The van der Waals surface area contributed by atoms with E-state index in [1.807, 2.05) is 0 Å². The van der Waals surface area contributed by atoms with Gasteiger partial charge in [0.05, 0.1) is 14.3 Å². The zero-order chi connectivity index (χ0) is 11.8. The second-order valence-corrected chi connectivity index (χ2v) is 5.23. The zero-order valence-corrected chi connectivity index (χ0v) is 10.0. The number of hydrogen-bond donors (Lipinski definition) is 1. The molecule has 1 rings (SSSR count). The highest BCUT2D eigenvalue weighted by molar-refractivity contribution is 9.10. The molecule has 1 aromatic rings. The lowest BCUT2D eigenvalue weighted by atomic mass is 10.2. The van der Waals surface area contributed by atoms with Gasteiger partial charge in [-0.2, -0.15) is 0 Å². The monoisotopic (exact) mass is 294 g/mol. The lowest BCUT2D eigenvalue weighted by Gasteiger charge is -2.03. The van der Waals surface area contributed by atoms with Crippen LogP contribution in [0.3, 0.4) is 0 Å². The molecule has 82 valence electrons. The molecule has 0 aliphatic carbocycles. The molecule has 0 aliphatic heterocycles. The number of aryl methyl sites for hydroxylation is 1. The van der Waals surface area contributed by atoms with Gasteiger partial charge in [-0.05, 0) is 34.5 Å². The third-order valence-corrected chi connectivity index (χ3v) is 3.66. The number of nitrogens with zero attached hydrogens (tertiary/aromatic N) is 1. The molecule has 2 N–H and O–H groups in total. The average Bonchev–Trinajstić information content (AvgIpc) is 2.06. The van der Waals surface area contributed by atoms with E-state index in [4.69, 9.17) is 5.14 Å². The number of hydrogen-bond acceptors (Lipinski definition) is 4. The molecule has 6 nitrogen and oxygen atoms in total. The first kappa shape index (κ1) is 12.1. The Balaban J connectivity index is 3.57.